The molecule has 2 rings (SSSR count). The van der Waals surface area contributed by atoms with Crippen LogP contribution in [0.25, 0.3) is 0 Å². The number of rotatable bonds is 6. The van der Waals surface area contributed by atoms with Crippen LogP contribution in [0.3, 0.4) is 0 Å². The minimum Gasteiger partial charge on any atom is -0.496 e. The topological polar surface area (TPSA) is 71.1 Å². The van der Waals surface area contributed by atoms with Gasteiger partial charge in [-0.3, -0.25) is 9.89 Å². The summed E-state index contributed by atoms with van der Waals surface area (Å²) in [5.41, 5.74) is 1.09. The molecule has 0 saturated carbocycles. The fourth-order valence-corrected chi connectivity index (χ4v) is 2.52. The van der Waals surface area contributed by atoms with E-state index in [2.05, 4.69) is 31.1 Å². The summed E-state index contributed by atoms with van der Waals surface area (Å²) in [7, 11) is 3.39. The summed E-state index contributed by atoms with van der Waals surface area (Å²) in [5.74, 6) is 1.53. The zero-order valence-corrected chi connectivity index (χ0v) is 13.6. The number of hydrogen-bond acceptors (Lipinski definition) is 4. The Labute approximate surface area is 131 Å². The molecule has 0 aliphatic heterocycles. The van der Waals surface area contributed by atoms with Crippen molar-refractivity contribution in [2.24, 2.45) is 0 Å². The Balaban J connectivity index is 1.87. The van der Waals surface area contributed by atoms with Gasteiger partial charge in [0.15, 0.2) is 0 Å². The number of hydrogen-bond donors (Lipinski definition) is 1. The number of aromatic amines is 1. The molecule has 112 valence electrons. The lowest BCUT2D eigenvalue weighted by atomic mass is 10.1. The van der Waals surface area contributed by atoms with Crippen LogP contribution in [-0.2, 0) is 17.8 Å². The van der Waals surface area contributed by atoms with E-state index in [0.29, 0.717) is 25.2 Å². The Morgan fingerprint density at radius 1 is 1.48 bits per heavy atom. The van der Waals surface area contributed by atoms with Gasteiger partial charge in [0.25, 0.3) is 0 Å². The lowest BCUT2D eigenvalue weighted by Gasteiger charge is -2.15. The van der Waals surface area contributed by atoms with E-state index in [1.807, 2.05) is 18.2 Å². The number of aryl methyl sites for hydroxylation is 1. The first kappa shape index (κ1) is 15.5. The Hall–Kier alpha value is -1.89. The highest BCUT2D eigenvalue weighted by molar-refractivity contribution is 9.10. The zero-order chi connectivity index (χ0) is 15.2. The van der Waals surface area contributed by atoms with Gasteiger partial charge in [0.05, 0.1) is 18.1 Å². The lowest BCUT2D eigenvalue weighted by Crippen LogP contribution is -2.26. The first-order valence-electron chi connectivity index (χ1n) is 6.50. The van der Waals surface area contributed by atoms with Gasteiger partial charge in [-0.1, -0.05) is 6.07 Å². The monoisotopic (exact) mass is 352 g/mol. The van der Waals surface area contributed by atoms with Gasteiger partial charge in [-0.15, -0.1) is 0 Å². The van der Waals surface area contributed by atoms with Gasteiger partial charge in [0.1, 0.15) is 17.9 Å². The lowest BCUT2D eigenvalue weighted by molar-refractivity contribution is -0.130. The number of carbonyl (C=O) groups excluding carboxylic acids is 1. The van der Waals surface area contributed by atoms with Crippen LogP contribution in [0.2, 0.25) is 0 Å². The molecule has 0 aliphatic carbocycles. The van der Waals surface area contributed by atoms with E-state index in [1.165, 1.54) is 6.33 Å². The summed E-state index contributed by atoms with van der Waals surface area (Å²) in [5, 5.41) is 6.50. The molecule has 7 heteroatoms. The van der Waals surface area contributed by atoms with Crippen LogP contribution in [0.1, 0.15) is 17.8 Å². The highest BCUT2D eigenvalue weighted by Gasteiger charge is 2.11. The van der Waals surface area contributed by atoms with Crippen LogP contribution in [0.5, 0.6) is 5.75 Å². The van der Waals surface area contributed by atoms with Gasteiger partial charge in [0, 0.05) is 13.5 Å². The van der Waals surface area contributed by atoms with Crippen molar-refractivity contribution in [3.05, 3.63) is 40.4 Å². The second-order valence-electron chi connectivity index (χ2n) is 4.65. The third-order valence-corrected chi connectivity index (χ3v) is 3.74. The van der Waals surface area contributed by atoms with E-state index in [4.69, 9.17) is 4.74 Å². The number of carbonyl (C=O) groups is 1. The maximum absolute atomic E-state index is 12.1. The van der Waals surface area contributed by atoms with Crippen molar-refractivity contribution < 1.29 is 9.53 Å². The number of ether oxygens (including phenoxy) is 1. The summed E-state index contributed by atoms with van der Waals surface area (Å²) < 4.78 is 6.08. The quantitative estimate of drug-likeness (QED) is 0.864. The van der Waals surface area contributed by atoms with Crippen LogP contribution in [-0.4, -0.2) is 40.1 Å². The molecule has 0 unspecified atom stereocenters. The van der Waals surface area contributed by atoms with E-state index in [-0.39, 0.29) is 5.91 Å². The normalized spacial score (nSPS) is 10.4. The van der Waals surface area contributed by atoms with Crippen molar-refractivity contribution in [3.63, 3.8) is 0 Å². The Kier molecular flexibility index (Phi) is 5.32. The van der Waals surface area contributed by atoms with Gasteiger partial charge in [-0.25, -0.2) is 4.98 Å². The maximum atomic E-state index is 12.1. The molecule has 0 fully saturated rings. The van der Waals surface area contributed by atoms with Crippen LogP contribution >= 0.6 is 15.9 Å². The van der Waals surface area contributed by atoms with Crippen molar-refractivity contribution in [3.8, 4) is 5.75 Å². The first-order valence-corrected chi connectivity index (χ1v) is 7.30. The molecule has 0 spiro atoms. The summed E-state index contributed by atoms with van der Waals surface area (Å²) >= 11 is 3.44. The molecule has 1 aromatic carbocycles. The average molecular weight is 353 g/mol. The Morgan fingerprint density at radius 3 is 2.90 bits per heavy atom. The maximum Gasteiger partial charge on any atom is 0.223 e. The Morgan fingerprint density at radius 2 is 2.29 bits per heavy atom. The van der Waals surface area contributed by atoms with Gasteiger partial charge >= 0.3 is 0 Å². The molecule has 1 aromatic heterocycles. The summed E-state index contributed by atoms with van der Waals surface area (Å²) in [6.45, 7) is 0.436. The third-order valence-electron chi connectivity index (χ3n) is 3.12. The summed E-state index contributed by atoms with van der Waals surface area (Å²) in [6, 6.07) is 5.83. The van der Waals surface area contributed by atoms with Gasteiger partial charge in [-0.05, 0) is 40.0 Å². The van der Waals surface area contributed by atoms with Crippen molar-refractivity contribution >= 4 is 21.8 Å². The van der Waals surface area contributed by atoms with E-state index in [0.717, 1.165) is 15.8 Å². The van der Waals surface area contributed by atoms with Gasteiger partial charge in [0.2, 0.25) is 5.91 Å². The van der Waals surface area contributed by atoms with Crippen molar-refractivity contribution in [1.29, 1.82) is 0 Å². The Bertz CT molecular complexity index is 601. The predicted octanol–water partition coefficient (Wildman–Crippen LogP) is 2.17. The SMILES string of the molecule is COc1ccc(CCC(=O)N(C)Cc2ncn[nH]2)cc1Br. The van der Waals surface area contributed by atoms with Crippen LogP contribution in [0.15, 0.2) is 29.0 Å². The number of aromatic nitrogens is 3. The van der Waals surface area contributed by atoms with Crippen molar-refractivity contribution in [2.75, 3.05) is 14.2 Å². The highest BCUT2D eigenvalue weighted by Crippen LogP contribution is 2.26. The van der Waals surface area contributed by atoms with Crippen molar-refractivity contribution in [2.45, 2.75) is 19.4 Å². The zero-order valence-electron chi connectivity index (χ0n) is 12.0. The minimum atomic E-state index is 0.0679. The number of halogens is 1. The number of methoxy groups -OCH3 is 1. The van der Waals surface area contributed by atoms with E-state index >= 15 is 0 Å². The molecule has 21 heavy (non-hydrogen) atoms. The molecular formula is C14H17BrN4O2. The largest absolute Gasteiger partial charge is 0.496 e. The summed E-state index contributed by atoms with van der Waals surface area (Å²) in [6.07, 6.45) is 2.56. The fourth-order valence-electron chi connectivity index (χ4n) is 1.93. The molecule has 0 saturated heterocycles. The smallest absolute Gasteiger partial charge is 0.223 e. The molecule has 1 heterocycles. The number of amides is 1. The molecule has 1 N–H and O–H groups in total. The standard InChI is InChI=1S/C14H17BrN4O2/c1-19(8-13-16-9-17-18-13)14(20)6-4-10-3-5-12(21-2)11(15)7-10/h3,5,7,9H,4,6,8H2,1-2H3,(H,16,17,18). The van der Waals surface area contributed by atoms with Crippen molar-refractivity contribution in [1.82, 2.24) is 20.1 Å². The number of nitrogens with one attached hydrogen (secondary N) is 1. The third kappa shape index (κ3) is 4.29. The minimum absolute atomic E-state index is 0.0679. The molecule has 0 aliphatic rings. The van der Waals surface area contributed by atoms with E-state index in [9.17, 15) is 4.79 Å². The molecule has 0 atom stereocenters. The number of benzene rings is 1. The fraction of sp³-hybridized carbons (Fsp3) is 0.357. The predicted molar refractivity (Wildman–Crippen MR) is 81.9 cm³/mol. The summed E-state index contributed by atoms with van der Waals surface area (Å²) in [4.78, 5) is 17.7. The molecule has 0 radical (unpaired) electrons. The number of nitrogens with zero attached hydrogens (tertiary/aromatic N) is 3. The first-order chi connectivity index (χ1) is 10.1. The molecule has 6 nitrogen and oxygen atoms in total. The number of H-pyrrole nitrogens is 1. The average Bonchev–Trinajstić information content (AvgIpc) is 2.97. The van der Waals surface area contributed by atoms with Gasteiger partial charge < -0.3 is 9.64 Å². The molecule has 0 bridgehead atoms. The second-order valence-corrected chi connectivity index (χ2v) is 5.51. The van der Waals surface area contributed by atoms with Crippen LogP contribution in [0.4, 0.5) is 0 Å². The van der Waals surface area contributed by atoms with Gasteiger partial charge in [-0.2, -0.15) is 5.10 Å². The van der Waals surface area contributed by atoms with Crippen LogP contribution in [0, 0.1) is 0 Å². The highest BCUT2D eigenvalue weighted by atomic mass is 79.9. The molecular weight excluding hydrogens is 336 g/mol. The van der Waals surface area contributed by atoms with Crippen LogP contribution < -0.4 is 4.74 Å². The van der Waals surface area contributed by atoms with E-state index < -0.39 is 0 Å². The molecule has 2 aromatic rings. The van der Waals surface area contributed by atoms with E-state index in [1.54, 1.807) is 19.1 Å². The molecule has 1 amide bonds. The second kappa shape index (κ2) is 7.21.